The van der Waals surface area contributed by atoms with Gasteiger partial charge >= 0.3 is 11.9 Å². The minimum atomic E-state index is -1.77. The first-order chi connectivity index (χ1) is 24.8. The highest BCUT2D eigenvalue weighted by atomic mass is 32.2. The highest BCUT2D eigenvalue weighted by molar-refractivity contribution is 8.00. The Bertz CT molecular complexity index is 2170. The van der Waals surface area contributed by atoms with Crippen molar-refractivity contribution >= 4 is 74.4 Å². The number of carboxylic acids is 2. The predicted octanol–water partition coefficient (Wildman–Crippen LogP) is 1.31. The molecule has 0 aliphatic carbocycles. The number of benzene rings is 1. The Kier molecular flexibility index (Phi) is 9.90. The number of oxime groups is 2. The molecular formula is C33H34N9O8S2+. The van der Waals surface area contributed by atoms with Crippen LogP contribution in [-0.2, 0) is 41.9 Å². The van der Waals surface area contributed by atoms with Gasteiger partial charge in [0, 0.05) is 41.1 Å². The third-order valence-corrected chi connectivity index (χ3v) is 10.3. The minimum Gasteiger partial charge on any atom is -0.478 e. The normalized spacial score (nSPS) is 17.8. The van der Waals surface area contributed by atoms with Gasteiger partial charge in [0.1, 0.15) is 29.9 Å². The van der Waals surface area contributed by atoms with Gasteiger partial charge in [0.05, 0.1) is 10.9 Å². The fraction of sp³-hybridized carbons (Fsp3) is 0.273. The first-order valence-corrected chi connectivity index (χ1v) is 17.6. The van der Waals surface area contributed by atoms with Crippen LogP contribution in [0.1, 0.15) is 30.7 Å². The van der Waals surface area contributed by atoms with Crippen molar-refractivity contribution in [2.75, 3.05) is 18.6 Å². The van der Waals surface area contributed by atoms with E-state index in [1.165, 1.54) is 43.0 Å². The number of aromatic nitrogens is 3. The number of amides is 2. The van der Waals surface area contributed by atoms with Gasteiger partial charge < -0.3 is 41.2 Å². The molecule has 0 spiro atoms. The molecule has 6 rings (SSSR count). The maximum absolute atomic E-state index is 13.4. The zero-order valence-corrected chi connectivity index (χ0v) is 29.7. The molecule has 3 aromatic heterocycles. The number of aliphatic carboxylic acids is 2. The molecule has 4 aromatic rings. The number of carboxylic acid groups (broad SMARTS) is 2. The number of rotatable bonds is 13. The van der Waals surface area contributed by atoms with Gasteiger partial charge in [-0.25, -0.2) is 19.1 Å². The molecule has 2 aliphatic heterocycles. The number of anilines is 1. The zero-order chi connectivity index (χ0) is 37.3. The second-order valence-electron chi connectivity index (χ2n) is 12.3. The Morgan fingerprint density at radius 3 is 2.56 bits per heavy atom. The Morgan fingerprint density at radius 1 is 1.15 bits per heavy atom. The smallest absolute Gasteiger partial charge is 0.352 e. The number of β-lactam (4-membered cyclic amide) rings is 1. The number of nitrogens with zero attached hydrogens (tertiary/aromatic N) is 6. The van der Waals surface area contributed by atoms with Crippen molar-refractivity contribution in [3.05, 3.63) is 88.5 Å². The summed E-state index contributed by atoms with van der Waals surface area (Å²) in [6.45, 7) is 3.32. The fourth-order valence-electron chi connectivity index (χ4n) is 5.59. The van der Waals surface area contributed by atoms with Gasteiger partial charge in [-0.1, -0.05) is 34.6 Å². The van der Waals surface area contributed by atoms with Crippen LogP contribution in [0.3, 0.4) is 0 Å². The number of nitrogens with two attached hydrogens (primary N) is 2. The fourth-order valence-corrected chi connectivity index (χ4v) is 7.47. The average molecular weight is 749 g/mol. The van der Waals surface area contributed by atoms with Crippen molar-refractivity contribution in [2.24, 2.45) is 16.0 Å². The van der Waals surface area contributed by atoms with Gasteiger partial charge in [0.2, 0.25) is 5.60 Å². The number of hydrogen-bond donors (Lipinski definition) is 5. The molecule has 19 heteroatoms. The van der Waals surface area contributed by atoms with Crippen LogP contribution in [0.15, 0.2) is 82.0 Å². The van der Waals surface area contributed by atoms with E-state index in [4.69, 9.17) is 21.1 Å². The number of nitrogens with one attached hydrogen (secondary N) is 1. The summed E-state index contributed by atoms with van der Waals surface area (Å²) in [7, 11) is 1.43. The van der Waals surface area contributed by atoms with E-state index in [1.807, 2.05) is 59.6 Å². The standard InChI is InChI=1S/C33H33N9O8S2/c1-33(2,31(47)48)50-38-23(21-16-52-32(35)36-21)27(43)37-24-28(44)42-25(30(45)46)20(15-51-29(24)42)14-40-10-9-22-19(13-40)8-11-41(22)12-17-4-6-18(7-5-17)26(34)39-49-3/h4-11,13,16,24,29H,12,14-15H2,1-3H3,(H6-,34,35,36,37,39,43,45,46,47,48)/p+1/t24-,29-/m1/s1. The molecule has 1 saturated heterocycles. The number of amidine groups is 1. The van der Waals surface area contributed by atoms with Crippen molar-refractivity contribution < 1.29 is 43.6 Å². The van der Waals surface area contributed by atoms with E-state index in [2.05, 4.69) is 25.2 Å². The van der Waals surface area contributed by atoms with Crippen molar-refractivity contribution in [3.8, 4) is 0 Å². The second-order valence-corrected chi connectivity index (χ2v) is 14.3. The SMILES string of the molecule is CON=C(N)c1ccc(Cn2ccc3c[n+](CC4=C(C(=O)O)N5C(=O)[C@@H](NC(=O)C(=NOC(C)(C)C(=O)O)c6csc(N)n6)[C@H]5SC4)ccc32)cc1. The summed E-state index contributed by atoms with van der Waals surface area (Å²) in [5, 5.41) is 31.5. The third-order valence-electron chi connectivity index (χ3n) is 8.33. The van der Waals surface area contributed by atoms with Gasteiger partial charge in [-0.05, 0) is 25.5 Å². The number of thiazole rings is 1. The molecule has 17 nitrogen and oxygen atoms in total. The highest BCUT2D eigenvalue weighted by Crippen LogP contribution is 2.40. The maximum Gasteiger partial charge on any atom is 0.352 e. The van der Waals surface area contributed by atoms with Crippen molar-refractivity contribution in [1.82, 2.24) is 19.8 Å². The van der Waals surface area contributed by atoms with Crippen molar-refractivity contribution in [2.45, 2.75) is 44.0 Å². The van der Waals surface area contributed by atoms with Gasteiger partial charge in [0.25, 0.3) is 11.8 Å². The monoisotopic (exact) mass is 748 g/mol. The first kappa shape index (κ1) is 35.9. The predicted molar refractivity (Wildman–Crippen MR) is 191 cm³/mol. The van der Waals surface area contributed by atoms with Gasteiger partial charge in [-0.2, -0.15) is 0 Å². The third kappa shape index (κ3) is 7.12. The van der Waals surface area contributed by atoms with Crippen LogP contribution in [0, 0.1) is 0 Å². The maximum atomic E-state index is 13.4. The molecule has 1 fully saturated rings. The summed E-state index contributed by atoms with van der Waals surface area (Å²) in [5.41, 5.74) is 12.6. The van der Waals surface area contributed by atoms with Crippen LogP contribution >= 0.6 is 23.1 Å². The number of pyridine rings is 1. The second kappa shape index (κ2) is 14.3. The van der Waals surface area contributed by atoms with E-state index in [1.54, 1.807) is 0 Å². The van der Waals surface area contributed by atoms with Crippen LogP contribution < -0.4 is 21.4 Å². The summed E-state index contributed by atoms with van der Waals surface area (Å²) in [6, 6.07) is 10.5. The molecule has 0 unspecified atom stereocenters. The Hall–Kier alpha value is -5.95. The van der Waals surface area contributed by atoms with Crippen LogP contribution in [0.25, 0.3) is 10.9 Å². The van der Waals surface area contributed by atoms with Gasteiger partial charge in [-0.3, -0.25) is 14.5 Å². The average Bonchev–Trinajstić information content (AvgIpc) is 3.72. The molecule has 270 valence electrons. The number of thioether (sulfide) groups is 1. The molecule has 0 saturated carbocycles. The lowest BCUT2D eigenvalue weighted by atomic mass is 10.0. The van der Waals surface area contributed by atoms with Crippen molar-refractivity contribution in [3.63, 3.8) is 0 Å². The molecule has 2 aliphatic rings. The molecule has 52 heavy (non-hydrogen) atoms. The van der Waals surface area contributed by atoms with E-state index >= 15 is 0 Å². The van der Waals surface area contributed by atoms with Crippen LogP contribution in [-0.4, -0.2) is 89.8 Å². The number of carbonyl (C=O) groups is 4. The Morgan fingerprint density at radius 2 is 1.90 bits per heavy atom. The Balaban J connectivity index is 1.17. The van der Waals surface area contributed by atoms with Crippen LogP contribution in [0.2, 0.25) is 0 Å². The number of nitrogen functional groups attached to an aromatic ring is 1. The molecule has 5 heterocycles. The summed E-state index contributed by atoms with van der Waals surface area (Å²) in [5.74, 6) is -3.51. The molecule has 2 amide bonds. The Labute approximate surface area is 304 Å². The first-order valence-electron chi connectivity index (χ1n) is 15.6. The molecule has 1 aromatic carbocycles. The van der Waals surface area contributed by atoms with Crippen LogP contribution in [0.4, 0.5) is 5.13 Å². The number of fused-ring (bicyclic) bond motifs is 2. The quantitative estimate of drug-likeness (QED) is 0.0428. The number of hydrogen-bond acceptors (Lipinski definition) is 12. The lowest BCUT2D eigenvalue weighted by molar-refractivity contribution is -0.687. The molecule has 0 radical (unpaired) electrons. The van der Waals surface area contributed by atoms with Crippen molar-refractivity contribution in [1.29, 1.82) is 0 Å². The van der Waals surface area contributed by atoms with E-state index in [0.717, 1.165) is 33.4 Å². The van der Waals surface area contributed by atoms with Crippen LogP contribution in [0.5, 0.6) is 0 Å². The number of carbonyl (C=O) groups excluding carboxylic acids is 2. The minimum absolute atomic E-state index is 0.0206. The molecule has 0 bridgehead atoms. The summed E-state index contributed by atoms with van der Waals surface area (Å²) in [6.07, 6.45) is 5.74. The largest absolute Gasteiger partial charge is 0.478 e. The summed E-state index contributed by atoms with van der Waals surface area (Å²) >= 11 is 2.34. The van der Waals surface area contributed by atoms with Gasteiger partial charge in [0.15, 0.2) is 35.6 Å². The zero-order valence-electron chi connectivity index (χ0n) is 28.0. The lowest BCUT2D eigenvalue weighted by Crippen LogP contribution is -2.71. The topological polar surface area (TPSA) is 241 Å². The highest BCUT2D eigenvalue weighted by Gasteiger charge is 2.55. The van der Waals surface area contributed by atoms with E-state index in [-0.39, 0.29) is 40.4 Å². The summed E-state index contributed by atoms with van der Waals surface area (Å²) < 4.78 is 3.96. The molecular weight excluding hydrogens is 715 g/mol. The summed E-state index contributed by atoms with van der Waals surface area (Å²) in [4.78, 5) is 66.0. The van der Waals surface area contributed by atoms with Gasteiger partial charge in [-0.15, -0.1) is 23.1 Å². The van der Waals surface area contributed by atoms with E-state index in [0.29, 0.717) is 12.1 Å². The van der Waals surface area contributed by atoms with E-state index in [9.17, 15) is 29.4 Å². The lowest BCUT2D eigenvalue weighted by Gasteiger charge is -2.49. The van der Waals surface area contributed by atoms with E-state index < -0.39 is 40.8 Å². The molecule has 7 N–H and O–H groups in total. The molecule has 2 atom stereocenters.